The molecule has 0 spiro atoms. The van der Waals surface area contributed by atoms with E-state index >= 15 is 0 Å². The van der Waals surface area contributed by atoms with Crippen LogP contribution in [0.1, 0.15) is 20.3 Å². The summed E-state index contributed by atoms with van der Waals surface area (Å²) in [5.41, 5.74) is -0.150. The molecule has 0 atom stereocenters. The Bertz CT molecular complexity index is 203. The van der Waals surface area contributed by atoms with Crippen LogP contribution in [0.3, 0.4) is 0 Å². The Balaban J connectivity index is 4.12. The summed E-state index contributed by atoms with van der Waals surface area (Å²) in [6.07, 6.45) is 0.424. The summed E-state index contributed by atoms with van der Waals surface area (Å²) in [7, 11) is 7.55. The summed E-state index contributed by atoms with van der Waals surface area (Å²) in [6, 6.07) is 0. The van der Waals surface area contributed by atoms with E-state index in [0.717, 1.165) is 13.1 Å². The molecular weight excluding hydrogens is 192 g/mol. The molecule has 0 rings (SSSR count). The Labute approximate surface area is 93.2 Å². The van der Waals surface area contributed by atoms with Crippen molar-refractivity contribution in [2.45, 2.75) is 25.8 Å². The average Bonchev–Trinajstić information content (AvgIpc) is 2.13. The number of likely N-dealkylation sites (N-methyl/N-ethyl adjacent to an activating group) is 2. The number of methoxy groups -OCH3 is 1. The second kappa shape index (κ2) is 6.08. The van der Waals surface area contributed by atoms with E-state index in [1.165, 1.54) is 7.11 Å². The van der Waals surface area contributed by atoms with Gasteiger partial charge >= 0.3 is 5.97 Å². The molecule has 0 aromatic heterocycles. The summed E-state index contributed by atoms with van der Waals surface area (Å²) in [4.78, 5) is 15.5. The number of rotatable bonds is 6. The Morgan fingerprint density at radius 1 is 1.20 bits per heavy atom. The minimum Gasteiger partial charge on any atom is -0.469 e. The predicted octanol–water partition coefficient (Wildman–Crippen LogP) is 0.821. The third-order valence-electron chi connectivity index (χ3n) is 2.72. The monoisotopic (exact) mass is 216 g/mol. The van der Waals surface area contributed by atoms with Crippen molar-refractivity contribution < 1.29 is 9.53 Å². The number of carbonyl (C=O) groups is 1. The first-order valence-corrected chi connectivity index (χ1v) is 5.22. The van der Waals surface area contributed by atoms with Gasteiger partial charge in [-0.25, -0.2) is 0 Å². The molecule has 0 aromatic rings. The van der Waals surface area contributed by atoms with Gasteiger partial charge in [-0.2, -0.15) is 0 Å². The molecular formula is C11H24N2O2. The number of esters is 1. The Morgan fingerprint density at radius 3 is 2.13 bits per heavy atom. The highest BCUT2D eigenvalue weighted by Crippen LogP contribution is 2.17. The summed E-state index contributed by atoms with van der Waals surface area (Å²) in [6.45, 7) is 6.04. The quantitative estimate of drug-likeness (QED) is 0.615. The number of hydrogen-bond donors (Lipinski definition) is 0. The van der Waals surface area contributed by atoms with Gasteiger partial charge in [-0.3, -0.25) is 9.69 Å². The molecule has 0 fully saturated rings. The van der Waals surface area contributed by atoms with Gasteiger partial charge in [-0.1, -0.05) is 0 Å². The van der Waals surface area contributed by atoms with E-state index in [-0.39, 0.29) is 11.5 Å². The second-order valence-electron chi connectivity index (χ2n) is 4.79. The van der Waals surface area contributed by atoms with E-state index in [2.05, 4.69) is 28.4 Å². The van der Waals surface area contributed by atoms with Crippen LogP contribution in [0.15, 0.2) is 0 Å². The highest BCUT2D eigenvalue weighted by molar-refractivity contribution is 5.70. The molecule has 0 saturated heterocycles. The van der Waals surface area contributed by atoms with E-state index in [9.17, 15) is 4.79 Å². The van der Waals surface area contributed by atoms with Crippen LogP contribution in [0, 0.1) is 0 Å². The van der Waals surface area contributed by atoms with Crippen LogP contribution in [-0.2, 0) is 9.53 Å². The second-order valence-corrected chi connectivity index (χ2v) is 4.79. The molecule has 0 aliphatic carbocycles. The summed E-state index contributed by atoms with van der Waals surface area (Å²) < 4.78 is 4.69. The average molecular weight is 216 g/mol. The van der Waals surface area contributed by atoms with Crippen LogP contribution in [0.25, 0.3) is 0 Å². The molecule has 4 heteroatoms. The normalized spacial score (nSPS) is 12.3. The highest BCUT2D eigenvalue weighted by Gasteiger charge is 2.26. The molecule has 90 valence electrons. The fourth-order valence-electron chi connectivity index (χ4n) is 1.21. The minimum absolute atomic E-state index is 0.150. The SMILES string of the molecule is COC(=O)CC(C)(C)N(C)CCN(C)C. The van der Waals surface area contributed by atoms with E-state index in [1.807, 2.05) is 21.1 Å². The van der Waals surface area contributed by atoms with Gasteiger partial charge in [-0.15, -0.1) is 0 Å². The molecule has 0 aliphatic heterocycles. The molecule has 4 nitrogen and oxygen atoms in total. The zero-order valence-electron chi connectivity index (χ0n) is 10.8. The number of hydrogen-bond acceptors (Lipinski definition) is 4. The third-order valence-corrected chi connectivity index (χ3v) is 2.72. The topological polar surface area (TPSA) is 32.8 Å². The van der Waals surface area contributed by atoms with Gasteiger partial charge in [0.2, 0.25) is 0 Å². The van der Waals surface area contributed by atoms with Crippen LogP contribution >= 0.6 is 0 Å². The van der Waals surface area contributed by atoms with Gasteiger partial charge in [0.1, 0.15) is 0 Å². The zero-order chi connectivity index (χ0) is 12.1. The predicted molar refractivity (Wildman–Crippen MR) is 61.9 cm³/mol. The van der Waals surface area contributed by atoms with Gasteiger partial charge in [0.15, 0.2) is 0 Å². The summed E-state index contributed by atoms with van der Waals surface area (Å²) >= 11 is 0. The number of ether oxygens (including phenoxy) is 1. The van der Waals surface area contributed by atoms with Crippen molar-refractivity contribution in [3.63, 3.8) is 0 Å². The minimum atomic E-state index is -0.156. The van der Waals surface area contributed by atoms with E-state index in [0.29, 0.717) is 6.42 Å². The van der Waals surface area contributed by atoms with Crippen LogP contribution in [0.4, 0.5) is 0 Å². The van der Waals surface area contributed by atoms with Crippen molar-refractivity contribution in [3.05, 3.63) is 0 Å². The maximum atomic E-state index is 11.2. The van der Waals surface area contributed by atoms with Crippen molar-refractivity contribution in [1.82, 2.24) is 9.80 Å². The molecule has 0 bridgehead atoms. The Morgan fingerprint density at radius 2 is 1.73 bits per heavy atom. The van der Waals surface area contributed by atoms with Crippen molar-refractivity contribution in [2.75, 3.05) is 41.3 Å². The van der Waals surface area contributed by atoms with Gasteiger partial charge in [0.05, 0.1) is 13.5 Å². The first-order chi connectivity index (χ1) is 6.79. The van der Waals surface area contributed by atoms with Crippen molar-refractivity contribution >= 4 is 5.97 Å². The van der Waals surface area contributed by atoms with E-state index < -0.39 is 0 Å². The van der Waals surface area contributed by atoms with Crippen LogP contribution in [0.2, 0.25) is 0 Å². The van der Waals surface area contributed by atoms with Gasteiger partial charge in [0.25, 0.3) is 0 Å². The van der Waals surface area contributed by atoms with E-state index in [4.69, 9.17) is 0 Å². The number of nitrogens with zero attached hydrogens (tertiary/aromatic N) is 2. The molecule has 15 heavy (non-hydrogen) atoms. The standard InChI is InChI=1S/C11H24N2O2/c1-11(2,9-10(14)15-6)13(5)8-7-12(3)4/h7-9H2,1-6H3. The highest BCUT2D eigenvalue weighted by atomic mass is 16.5. The smallest absolute Gasteiger partial charge is 0.307 e. The lowest BCUT2D eigenvalue weighted by Gasteiger charge is -2.35. The molecule has 0 N–H and O–H groups in total. The maximum absolute atomic E-state index is 11.2. The molecule has 0 aromatic carbocycles. The summed E-state index contributed by atoms with van der Waals surface area (Å²) in [5.74, 6) is -0.156. The molecule has 0 amide bonds. The largest absolute Gasteiger partial charge is 0.469 e. The van der Waals surface area contributed by atoms with Gasteiger partial charge in [0, 0.05) is 18.6 Å². The van der Waals surface area contributed by atoms with Gasteiger partial charge < -0.3 is 9.64 Å². The van der Waals surface area contributed by atoms with Crippen molar-refractivity contribution in [1.29, 1.82) is 0 Å². The lowest BCUT2D eigenvalue weighted by molar-refractivity contribution is -0.143. The third kappa shape index (κ3) is 5.74. The fraction of sp³-hybridized carbons (Fsp3) is 0.909. The van der Waals surface area contributed by atoms with Crippen LogP contribution < -0.4 is 0 Å². The molecule has 0 unspecified atom stereocenters. The molecule has 0 heterocycles. The van der Waals surface area contributed by atoms with Gasteiger partial charge in [-0.05, 0) is 35.0 Å². The van der Waals surface area contributed by atoms with E-state index in [1.54, 1.807) is 0 Å². The van der Waals surface area contributed by atoms with Crippen LogP contribution in [-0.4, -0.2) is 62.7 Å². The Hall–Kier alpha value is -0.610. The lowest BCUT2D eigenvalue weighted by Crippen LogP contribution is -2.45. The van der Waals surface area contributed by atoms with Crippen LogP contribution in [0.5, 0.6) is 0 Å². The lowest BCUT2D eigenvalue weighted by atomic mass is 9.99. The molecule has 0 aliphatic rings. The van der Waals surface area contributed by atoms with Crippen molar-refractivity contribution in [2.24, 2.45) is 0 Å². The Kier molecular flexibility index (Phi) is 5.83. The van der Waals surface area contributed by atoms with Crippen molar-refractivity contribution in [3.8, 4) is 0 Å². The summed E-state index contributed by atoms with van der Waals surface area (Å²) in [5, 5.41) is 0. The molecule has 0 saturated carbocycles. The fourth-order valence-corrected chi connectivity index (χ4v) is 1.21. The molecule has 0 radical (unpaired) electrons. The maximum Gasteiger partial charge on any atom is 0.307 e. The zero-order valence-corrected chi connectivity index (χ0v) is 10.8. The first kappa shape index (κ1) is 14.4. The number of carbonyl (C=O) groups excluding carboxylic acids is 1. The first-order valence-electron chi connectivity index (χ1n) is 5.22.